The minimum atomic E-state index is -0.436. The first kappa shape index (κ1) is 111. The highest BCUT2D eigenvalue weighted by atomic mass is 32.2. The van der Waals surface area contributed by atoms with E-state index < -0.39 is 12.2 Å². The number of carbonyl (C=O) groups excluding carboxylic acids is 2. The van der Waals surface area contributed by atoms with Crippen molar-refractivity contribution in [1.29, 1.82) is 0 Å². The molecule has 2 aromatic rings. The van der Waals surface area contributed by atoms with Crippen LogP contribution in [-0.2, 0) is 93.7 Å². The van der Waals surface area contributed by atoms with Crippen molar-refractivity contribution in [2.45, 2.75) is 346 Å². The number of thioether (sulfide) groups is 1. The molecule has 8 aliphatic rings. The van der Waals surface area contributed by atoms with Gasteiger partial charge in [-0.2, -0.15) is 0 Å². The van der Waals surface area contributed by atoms with E-state index in [0.717, 1.165) is 29.7 Å². The average Bonchev–Trinajstić information content (AvgIpc) is 0.809. The lowest BCUT2D eigenvalue weighted by molar-refractivity contribution is -0.305. The molecule has 8 saturated heterocycles. The topological polar surface area (TPSA) is 235 Å². The van der Waals surface area contributed by atoms with Crippen LogP contribution in [0, 0.1) is 142 Å². The molecule has 10 rings (SSSR count). The second kappa shape index (κ2) is 54.6. The van der Waals surface area contributed by atoms with Crippen LogP contribution in [-0.4, -0.2) is 187 Å². The Hall–Kier alpha value is -3.31. The average molecular weight is 1770 g/mol. The Kier molecular flexibility index (Phi) is 49.0. The van der Waals surface area contributed by atoms with E-state index in [1.165, 1.54) is 0 Å². The molecule has 720 valence electrons. The van der Waals surface area contributed by atoms with E-state index in [9.17, 15) is 14.7 Å². The smallest absolute Gasteiger partial charge is 0.407 e. The Balaban J connectivity index is 0.000000342. The van der Waals surface area contributed by atoms with Crippen LogP contribution in [0.4, 0.5) is 9.59 Å². The summed E-state index contributed by atoms with van der Waals surface area (Å²) in [6, 6.07) is 19.3. The maximum atomic E-state index is 12.1. The van der Waals surface area contributed by atoms with E-state index >= 15 is 0 Å². The molecule has 40 atom stereocenters. The predicted octanol–water partition coefficient (Wildman–Crippen LogP) is 21.2. The Morgan fingerprint density at radius 2 is 0.540 bits per heavy atom. The molecule has 2 amide bonds. The van der Waals surface area contributed by atoms with Crippen LogP contribution in [0.2, 0.25) is 0 Å². The second-order valence-electron chi connectivity index (χ2n) is 38.5. The number of ether oxygens (including phenoxy) is 17. The molecule has 22 nitrogen and oxygen atoms in total. The van der Waals surface area contributed by atoms with E-state index in [1.54, 1.807) is 0 Å². The molecular formula is C101H180N2O20S. The van der Waals surface area contributed by atoms with Gasteiger partial charge in [0.2, 0.25) is 0 Å². The van der Waals surface area contributed by atoms with Gasteiger partial charge in [-0.05, 0) is 143 Å². The van der Waals surface area contributed by atoms with E-state index in [4.69, 9.17) is 80.5 Å². The fourth-order valence-electron chi connectivity index (χ4n) is 19.1. The number of rotatable bonds is 34. The SMILES string of the molecule is C.C.C.CC1[C@H](OCC2O[C@@H](OCC3O[C@@H](OCCCNC(=O)OCc4ccccc4)C(C)[C@@H](C)[C@@H]3C)C(C)[C@@H](C)[C@@H]2C)OC(CO)[C@@H](C)[C@@H]1C.CCC1O[C@@H](OCC2O[C@@H](OCC3O[C@@H](OCCCNC(=O)OCc4ccccc4)C(C)[C@@H](C)[C@@H]3C)C(C)[C@@H](C)[C@@H]2C)C(C)[C@@H](C)[C@@H]1C.CCS[C@@H]1OC(CO[C@@H]2OC(CC)[C@@H](C)[C@H](C)C2C)[C@@H](C)[C@H](C)C1C. The molecule has 0 spiro atoms. The normalized spacial score (nSPS) is 41.0. The highest BCUT2D eigenvalue weighted by molar-refractivity contribution is 7.99. The first-order chi connectivity index (χ1) is 57.7. The summed E-state index contributed by atoms with van der Waals surface area (Å²) < 4.78 is 107. The van der Waals surface area contributed by atoms with Crippen molar-refractivity contribution in [2.75, 3.05) is 71.7 Å². The molecule has 124 heavy (non-hydrogen) atoms. The van der Waals surface area contributed by atoms with Gasteiger partial charge in [0, 0.05) is 54.5 Å². The summed E-state index contributed by atoms with van der Waals surface area (Å²) in [6.07, 6.45) is 0.410. The molecule has 0 aromatic heterocycles. The first-order valence-corrected chi connectivity index (χ1v) is 48.4. The fourth-order valence-corrected chi connectivity index (χ4v) is 20.2. The minimum absolute atomic E-state index is 0. The van der Waals surface area contributed by atoms with Crippen molar-refractivity contribution in [3.8, 4) is 0 Å². The third-order valence-electron chi connectivity index (χ3n) is 31.5. The summed E-state index contributed by atoms with van der Waals surface area (Å²) >= 11 is 1.93. The number of carbonyl (C=O) groups is 2. The molecule has 0 saturated carbocycles. The van der Waals surface area contributed by atoms with Gasteiger partial charge in [0.05, 0.1) is 102 Å². The molecule has 8 aliphatic heterocycles. The van der Waals surface area contributed by atoms with Gasteiger partial charge >= 0.3 is 12.2 Å². The van der Waals surface area contributed by atoms with Crippen molar-refractivity contribution in [3.05, 3.63) is 71.8 Å². The number of amides is 2. The Bertz CT molecular complexity index is 3040. The van der Waals surface area contributed by atoms with E-state index in [-0.39, 0.29) is 182 Å². The molecule has 0 bridgehead atoms. The standard InChI is InChI=1S/C39H65NO8.C38H63NO9.C21H40O3S.3CH4/c1-11-33-26(5)23(2)30(9)37(46-33)43-22-35-28(7)25(4)31(10)38(48-35)44-21-34-27(6)24(3)29(8)36(47-34)42-19-15-18-40-39(41)45-20-32-16-13-12-14-17-32;1-22-25(4)32(18-40)46-36(29(22)8)43-21-34-27(6)24(3)30(9)37(48-34)44-20-33-26(5)23(2)28(7)35(47-33)42-17-13-16-39-38(41)45-19-31-14-11-10-12-15-31;1-9-18-14(5)12(3)16(7)20(23-18)22-11-19-15(6)13(4)17(8)21(24-19)25-10-2;;;/h12-14,16-17,23-31,33-38H,11,15,18-22H2,1-10H3,(H,40,41);10-12,14-15,22-30,32-37,40H,13,16-21H2,1-9H3,(H,39,41);12-21H,9-11H2,1-8H3;3*1H4/t23-,24-,25-,26-,27-,28-,29?,30?,31?,33?,34?,35?,36+,37+,38+;22-,23-,24-,25-,26-,27-,28?,29?,30?,32?,33?,34?,35+,36+,37+;12-,13-,14-,15-,16?,17?,18?,19?,20+,21-;;;/m000.../s1. The number of aliphatic hydroxyl groups is 1. The van der Waals surface area contributed by atoms with Crippen molar-refractivity contribution in [1.82, 2.24) is 10.6 Å². The molecule has 2 aromatic carbocycles. The number of hydrogen-bond donors (Lipinski definition) is 3. The van der Waals surface area contributed by atoms with Crippen LogP contribution in [0.1, 0.15) is 246 Å². The summed E-state index contributed by atoms with van der Waals surface area (Å²) in [4.78, 5) is 24.1. The zero-order valence-electron chi connectivity index (χ0n) is 79.5. The Morgan fingerprint density at radius 1 is 0.306 bits per heavy atom. The summed E-state index contributed by atoms with van der Waals surface area (Å²) in [5.74, 6) is 10.4. The monoisotopic (exact) mass is 1770 g/mol. The van der Waals surface area contributed by atoms with Crippen molar-refractivity contribution in [2.24, 2.45) is 142 Å². The zero-order chi connectivity index (χ0) is 88.6. The van der Waals surface area contributed by atoms with Crippen LogP contribution in [0.3, 0.4) is 0 Å². The van der Waals surface area contributed by atoms with Gasteiger partial charge in [-0.1, -0.05) is 270 Å². The zero-order valence-corrected chi connectivity index (χ0v) is 80.3. The summed E-state index contributed by atoms with van der Waals surface area (Å²) in [5, 5.41) is 15.4. The lowest BCUT2D eigenvalue weighted by Gasteiger charge is -2.47. The first-order valence-electron chi connectivity index (χ1n) is 47.3. The molecule has 23 heteroatoms. The number of aliphatic hydroxyl groups excluding tert-OH is 1. The van der Waals surface area contributed by atoms with Crippen LogP contribution in [0.5, 0.6) is 0 Å². The van der Waals surface area contributed by atoms with Crippen molar-refractivity contribution in [3.63, 3.8) is 0 Å². The lowest BCUT2D eigenvalue weighted by atomic mass is 9.78. The highest BCUT2D eigenvalue weighted by Crippen LogP contribution is 2.46. The Labute approximate surface area is 757 Å². The summed E-state index contributed by atoms with van der Waals surface area (Å²) in [6.45, 7) is 65.4. The van der Waals surface area contributed by atoms with Gasteiger partial charge in [-0.3, -0.25) is 0 Å². The van der Waals surface area contributed by atoms with Gasteiger partial charge in [0.1, 0.15) is 18.6 Å². The maximum absolute atomic E-state index is 12.1. The predicted molar refractivity (Wildman–Crippen MR) is 495 cm³/mol. The summed E-state index contributed by atoms with van der Waals surface area (Å²) in [7, 11) is 0. The Morgan fingerprint density at radius 3 is 0.806 bits per heavy atom. The largest absolute Gasteiger partial charge is 0.445 e. The molecule has 3 N–H and O–H groups in total. The number of hydrogen-bond acceptors (Lipinski definition) is 21. The third kappa shape index (κ3) is 30.4. The lowest BCUT2D eigenvalue weighted by Crippen LogP contribution is -2.52. The van der Waals surface area contributed by atoms with Gasteiger partial charge in [-0.15, -0.1) is 11.8 Å². The van der Waals surface area contributed by atoms with Gasteiger partial charge in [0.15, 0.2) is 44.0 Å². The second-order valence-corrected chi connectivity index (χ2v) is 39.9. The molecule has 0 radical (unpaired) electrons. The van der Waals surface area contributed by atoms with Crippen molar-refractivity contribution < 1.29 is 95.2 Å². The highest BCUT2D eigenvalue weighted by Gasteiger charge is 2.49. The molecule has 16 unspecified atom stereocenters. The fraction of sp³-hybridized carbons (Fsp3) is 0.861. The summed E-state index contributed by atoms with van der Waals surface area (Å²) in [5.41, 5.74) is 2.19. The molecular weight excluding hydrogens is 1590 g/mol. The number of benzene rings is 2. The van der Waals surface area contributed by atoms with E-state index in [0.29, 0.717) is 173 Å². The molecule has 0 aliphatic carbocycles. The minimum Gasteiger partial charge on any atom is -0.445 e. The quantitative estimate of drug-likeness (QED) is 0.0552. The van der Waals surface area contributed by atoms with Gasteiger partial charge < -0.3 is 96.3 Å². The third-order valence-corrected chi connectivity index (χ3v) is 32.7. The van der Waals surface area contributed by atoms with Crippen LogP contribution in [0.25, 0.3) is 0 Å². The molecule has 8 fully saturated rings. The van der Waals surface area contributed by atoms with Gasteiger partial charge in [-0.25, -0.2) is 9.59 Å². The van der Waals surface area contributed by atoms with Crippen LogP contribution < -0.4 is 10.6 Å². The maximum Gasteiger partial charge on any atom is 0.407 e. The molecule has 8 heterocycles. The van der Waals surface area contributed by atoms with Crippen LogP contribution in [0.15, 0.2) is 60.7 Å². The van der Waals surface area contributed by atoms with Gasteiger partial charge in [0.25, 0.3) is 0 Å². The van der Waals surface area contributed by atoms with E-state index in [1.807, 2.05) is 72.4 Å². The number of nitrogens with one attached hydrogen (secondary N) is 2. The van der Waals surface area contributed by atoms with Crippen molar-refractivity contribution >= 4 is 23.9 Å². The van der Waals surface area contributed by atoms with Crippen LogP contribution >= 0.6 is 11.8 Å². The number of alkyl carbamates (subject to hydrolysis) is 2. The van der Waals surface area contributed by atoms with E-state index in [2.05, 4.69) is 198 Å².